The Morgan fingerprint density at radius 3 is 2.58 bits per heavy atom. The summed E-state index contributed by atoms with van der Waals surface area (Å²) >= 11 is 3.38. The van der Waals surface area contributed by atoms with E-state index < -0.39 is 0 Å². The van der Waals surface area contributed by atoms with Gasteiger partial charge in [-0.25, -0.2) is 0 Å². The van der Waals surface area contributed by atoms with Crippen LogP contribution in [-0.2, 0) is 6.54 Å². The molecule has 0 amide bonds. The molecule has 0 aliphatic carbocycles. The van der Waals surface area contributed by atoms with Crippen LogP contribution in [-0.4, -0.2) is 10.2 Å². The molecule has 2 aromatic rings. The zero-order chi connectivity index (χ0) is 14.0. The Balaban J connectivity index is 2.19. The fraction of sp³-hybridized carbons (Fsp3) is 0.200. The van der Waals surface area contributed by atoms with Gasteiger partial charge >= 0.3 is 0 Å². The maximum atomic E-state index is 9.89. The molecule has 0 bridgehead atoms. The third-order valence-corrected chi connectivity index (χ3v) is 3.64. The number of aryl methyl sites for hydroxylation is 1. The molecule has 0 atom stereocenters. The highest BCUT2D eigenvalue weighted by Crippen LogP contribution is 2.29. The third kappa shape index (κ3) is 3.01. The Morgan fingerprint density at radius 1 is 1.11 bits per heavy atom. The minimum Gasteiger partial charge on any atom is -0.508 e. The van der Waals surface area contributed by atoms with E-state index in [0.29, 0.717) is 12.3 Å². The van der Waals surface area contributed by atoms with Crippen molar-refractivity contribution in [3.8, 4) is 11.5 Å². The molecule has 0 fully saturated rings. The number of aromatic hydroxyl groups is 2. The summed E-state index contributed by atoms with van der Waals surface area (Å²) in [6.07, 6.45) is 0. The van der Waals surface area contributed by atoms with E-state index in [4.69, 9.17) is 0 Å². The number of anilines is 1. The van der Waals surface area contributed by atoms with E-state index in [1.54, 1.807) is 12.1 Å². The summed E-state index contributed by atoms with van der Waals surface area (Å²) in [6.45, 7) is 4.23. The maximum Gasteiger partial charge on any atom is 0.123 e. The molecule has 4 heteroatoms. The van der Waals surface area contributed by atoms with Crippen molar-refractivity contribution >= 4 is 21.6 Å². The maximum absolute atomic E-state index is 9.89. The molecule has 0 aromatic heterocycles. The predicted molar refractivity (Wildman–Crippen MR) is 80.7 cm³/mol. The van der Waals surface area contributed by atoms with E-state index >= 15 is 0 Å². The van der Waals surface area contributed by atoms with Gasteiger partial charge in [-0.2, -0.15) is 0 Å². The Morgan fingerprint density at radius 2 is 1.84 bits per heavy atom. The lowest BCUT2D eigenvalue weighted by Gasteiger charge is -2.13. The quantitative estimate of drug-likeness (QED) is 0.798. The van der Waals surface area contributed by atoms with E-state index in [1.165, 1.54) is 0 Å². The lowest BCUT2D eigenvalue weighted by atomic mass is 10.1. The summed E-state index contributed by atoms with van der Waals surface area (Å²) < 4.78 is 0.922. The number of rotatable bonds is 3. The summed E-state index contributed by atoms with van der Waals surface area (Å²) in [4.78, 5) is 0. The number of nitrogens with one attached hydrogen (secondary N) is 1. The Labute approximate surface area is 121 Å². The second kappa shape index (κ2) is 5.53. The number of phenols is 2. The van der Waals surface area contributed by atoms with E-state index in [0.717, 1.165) is 26.9 Å². The highest BCUT2D eigenvalue weighted by molar-refractivity contribution is 9.10. The van der Waals surface area contributed by atoms with Crippen LogP contribution in [0.25, 0.3) is 0 Å². The molecule has 3 N–H and O–H groups in total. The van der Waals surface area contributed by atoms with Crippen LogP contribution < -0.4 is 5.32 Å². The summed E-state index contributed by atoms with van der Waals surface area (Å²) in [5.74, 6) is 0.563. The first-order chi connectivity index (χ1) is 8.99. The standard InChI is InChI=1S/C15H16BrNO2/c1-9-3-5-13(10(2)15(9)19)17-8-11-7-12(16)4-6-14(11)18/h3-7,17-19H,8H2,1-2H3. The van der Waals surface area contributed by atoms with Gasteiger partial charge < -0.3 is 15.5 Å². The number of halogens is 1. The normalized spacial score (nSPS) is 10.5. The molecule has 0 heterocycles. The summed E-state index contributed by atoms with van der Waals surface area (Å²) in [5, 5.41) is 22.9. The fourth-order valence-corrected chi connectivity index (χ4v) is 2.32. The molecule has 3 nitrogen and oxygen atoms in total. The van der Waals surface area contributed by atoms with Gasteiger partial charge in [0, 0.05) is 27.8 Å². The van der Waals surface area contributed by atoms with Crippen LogP contribution in [0.1, 0.15) is 16.7 Å². The monoisotopic (exact) mass is 321 g/mol. The predicted octanol–water partition coefficient (Wildman–Crippen LogP) is 4.09. The Kier molecular flexibility index (Phi) is 4.00. The van der Waals surface area contributed by atoms with Crippen LogP contribution >= 0.6 is 15.9 Å². The van der Waals surface area contributed by atoms with Gasteiger partial charge in [-0.1, -0.05) is 22.0 Å². The smallest absolute Gasteiger partial charge is 0.123 e. The van der Waals surface area contributed by atoms with Gasteiger partial charge in [0.1, 0.15) is 11.5 Å². The van der Waals surface area contributed by atoms with Gasteiger partial charge in [0.2, 0.25) is 0 Å². The summed E-state index contributed by atoms with van der Waals surface area (Å²) in [6, 6.07) is 9.11. The molecule has 100 valence electrons. The third-order valence-electron chi connectivity index (χ3n) is 3.14. The van der Waals surface area contributed by atoms with Gasteiger partial charge in [0.05, 0.1) is 0 Å². The van der Waals surface area contributed by atoms with Crippen LogP contribution in [0.2, 0.25) is 0 Å². The first kappa shape index (κ1) is 13.7. The molecule has 0 aliphatic rings. The molecule has 2 rings (SSSR count). The SMILES string of the molecule is Cc1ccc(NCc2cc(Br)ccc2O)c(C)c1O. The van der Waals surface area contributed by atoms with Crippen molar-refractivity contribution in [3.63, 3.8) is 0 Å². The fourth-order valence-electron chi connectivity index (χ4n) is 1.91. The van der Waals surface area contributed by atoms with Crippen LogP contribution in [0.3, 0.4) is 0 Å². The number of phenolic OH excluding ortho intramolecular Hbond substituents is 2. The van der Waals surface area contributed by atoms with Gasteiger partial charge in [-0.3, -0.25) is 0 Å². The van der Waals surface area contributed by atoms with Crippen molar-refractivity contribution in [2.24, 2.45) is 0 Å². The van der Waals surface area contributed by atoms with Crippen LogP contribution in [0.5, 0.6) is 11.5 Å². The zero-order valence-corrected chi connectivity index (χ0v) is 12.5. The zero-order valence-electron chi connectivity index (χ0n) is 10.9. The van der Waals surface area contributed by atoms with Gasteiger partial charge in [0.25, 0.3) is 0 Å². The van der Waals surface area contributed by atoms with Crippen LogP contribution in [0, 0.1) is 13.8 Å². The molecular weight excluding hydrogens is 306 g/mol. The van der Waals surface area contributed by atoms with E-state index in [1.807, 2.05) is 32.0 Å². The van der Waals surface area contributed by atoms with Gasteiger partial charge in [0.15, 0.2) is 0 Å². The molecule has 2 aromatic carbocycles. The van der Waals surface area contributed by atoms with Crippen LogP contribution in [0.4, 0.5) is 5.69 Å². The lowest BCUT2D eigenvalue weighted by molar-refractivity contribution is 0.467. The van der Waals surface area contributed by atoms with Gasteiger partial charge in [-0.15, -0.1) is 0 Å². The molecule has 0 saturated carbocycles. The van der Waals surface area contributed by atoms with E-state index in [-0.39, 0.29) is 5.75 Å². The Hall–Kier alpha value is -1.68. The molecule has 0 unspecified atom stereocenters. The van der Waals surface area contributed by atoms with E-state index in [2.05, 4.69) is 21.2 Å². The van der Waals surface area contributed by atoms with E-state index in [9.17, 15) is 10.2 Å². The summed E-state index contributed by atoms with van der Waals surface area (Å²) in [7, 11) is 0. The molecule has 0 spiro atoms. The van der Waals surface area contributed by atoms with Gasteiger partial charge in [-0.05, 0) is 43.7 Å². The van der Waals surface area contributed by atoms with Crippen molar-refractivity contribution in [1.29, 1.82) is 0 Å². The second-order valence-corrected chi connectivity index (χ2v) is 5.45. The highest BCUT2D eigenvalue weighted by atomic mass is 79.9. The molecule has 0 saturated heterocycles. The molecule has 0 aliphatic heterocycles. The molecule has 0 radical (unpaired) electrons. The first-order valence-electron chi connectivity index (χ1n) is 5.99. The largest absolute Gasteiger partial charge is 0.508 e. The molecule has 19 heavy (non-hydrogen) atoms. The minimum absolute atomic E-state index is 0.254. The number of hydrogen-bond acceptors (Lipinski definition) is 3. The molecular formula is C15H16BrNO2. The van der Waals surface area contributed by atoms with Crippen LogP contribution in [0.15, 0.2) is 34.8 Å². The minimum atomic E-state index is 0.254. The van der Waals surface area contributed by atoms with Crippen molar-refractivity contribution in [2.45, 2.75) is 20.4 Å². The lowest BCUT2D eigenvalue weighted by Crippen LogP contribution is -2.02. The van der Waals surface area contributed by atoms with Crippen molar-refractivity contribution in [1.82, 2.24) is 0 Å². The summed E-state index contributed by atoms with van der Waals surface area (Å²) in [5.41, 5.74) is 3.33. The average Bonchev–Trinajstić information content (AvgIpc) is 2.39. The average molecular weight is 322 g/mol. The second-order valence-electron chi connectivity index (χ2n) is 4.53. The van der Waals surface area contributed by atoms with Crippen molar-refractivity contribution in [2.75, 3.05) is 5.32 Å². The number of benzene rings is 2. The van der Waals surface area contributed by atoms with Crippen molar-refractivity contribution in [3.05, 3.63) is 51.5 Å². The van der Waals surface area contributed by atoms with Crippen molar-refractivity contribution < 1.29 is 10.2 Å². The topological polar surface area (TPSA) is 52.5 Å². The Bertz CT molecular complexity index is 611. The number of hydrogen-bond donors (Lipinski definition) is 3. The highest BCUT2D eigenvalue weighted by Gasteiger charge is 2.07. The first-order valence-corrected chi connectivity index (χ1v) is 6.79.